The van der Waals surface area contributed by atoms with E-state index in [4.69, 9.17) is 4.74 Å². The zero-order chi connectivity index (χ0) is 12.6. The smallest absolute Gasteiger partial charge is 0.410 e. The van der Waals surface area contributed by atoms with Gasteiger partial charge in [-0.25, -0.2) is 18.0 Å². The molecule has 0 aromatic rings. The molecule has 6 nitrogen and oxygen atoms in total. The van der Waals surface area contributed by atoms with Gasteiger partial charge in [-0.05, 0) is 20.8 Å². The van der Waals surface area contributed by atoms with Crippen molar-refractivity contribution in [3.05, 3.63) is 0 Å². The maximum atomic E-state index is 11.9. The number of fused-ring (bicyclic) bond motifs is 1. The summed E-state index contributed by atoms with van der Waals surface area (Å²) in [6, 6.07) is 0.136. The van der Waals surface area contributed by atoms with Crippen LogP contribution >= 0.6 is 0 Å². The van der Waals surface area contributed by atoms with Crippen LogP contribution in [0.1, 0.15) is 20.8 Å². The summed E-state index contributed by atoms with van der Waals surface area (Å²) in [4.78, 5) is 13.6. The fourth-order valence-corrected chi connectivity index (χ4v) is 3.13. The lowest BCUT2D eigenvalue weighted by Crippen LogP contribution is -2.53. The van der Waals surface area contributed by atoms with Crippen LogP contribution in [-0.2, 0) is 15.9 Å². The molecular weight excluding hydrogens is 242 g/mol. The van der Waals surface area contributed by atoms with Crippen LogP contribution in [-0.4, -0.2) is 57.3 Å². The van der Waals surface area contributed by atoms with Crippen molar-refractivity contribution in [2.24, 2.45) is 0 Å². The predicted molar refractivity (Wildman–Crippen MR) is 64.4 cm³/mol. The number of ether oxygens (including phenoxy) is 1. The summed E-state index contributed by atoms with van der Waals surface area (Å²) < 4.78 is 21.6. The van der Waals surface area contributed by atoms with Crippen LogP contribution in [0.5, 0.6) is 0 Å². The molecule has 2 fully saturated rings. The molecule has 0 radical (unpaired) electrons. The number of hydrogen-bond acceptors (Lipinski definition) is 3. The van der Waals surface area contributed by atoms with Gasteiger partial charge in [0.1, 0.15) is 5.60 Å². The molecule has 2 saturated heterocycles. The van der Waals surface area contributed by atoms with E-state index in [2.05, 4.69) is 4.72 Å². The van der Waals surface area contributed by atoms with Crippen LogP contribution in [0.3, 0.4) is 0 Å². The molecule has 2 unspecified atom stereocenters. The second-order valence-electron chi connectivity index (χ2n) is 5.32. The number of carbonyl (C=O) groups excluding carboxylic acids is 1. The summed E-state index contributed by atoms with van der Waals surface area (Å²) in [5.74, 6) is 0. The summed E-state index contributed by atoms with van der Waals surface area (Å²) >= 11 is -1.08. The van der Waals surface area contributed by atoms with Gasteiger partial charge in [0.25, 0.3) is 0 Å². The highest BCUT2D eigenvalue weighted by Gasteiger charge is 2.38. The number of rotatable bonds is 0. The van der Waals surface area contributed by atoms with E-state index in [1.807, 2.05) is 25.1 Å². The first-order chi connectivity index (χ1) is 7.87. The van der Waals surface area contributed by atoms with Gasteiger partial charge in [0.05, 0.1) is 6.04 Å². The minimum Gasteiger partial charge on any atom is -0.444 e. The average Bonchev–Trinajstić information content (AvgIpc) is 2.57. The van der Waals surface area contributed by atoms with Crippen LogP contribution < -0.4 is 4.72 Å². The van der Waals surface area contributed by atoms with E-state index in [-0.39, 0.29) is 12.1 Å². The molecule has 0 aromatic heterocycles. The topological polar surface area (TPSA) is 61.9 Å². The van der Waals surface area contributed by atoms with E-state index < -0.39 is 16.8 Å². The first kappa shape index (κ1) is 12.8. The highest BCUT2D eigenvalue weighted by atomic mass is 32.2. The summed E-state index contributed by atoms with van der Waals surface area (Å²) in [6.45, 7) is 8.00. The maximum absolute atomic E-state index is 11.9. The molecule has 98 valence electrons. The number of piperazine rings is 1. The summed E-state index contributed by atoms with van der Waals surface area (Å²) in [5.41, 5.74) is -0.467. The predicted octanol–water partition coefficient (Wildman–Crippen LogP) is 0.0896. The molecule has 17 heavy (non-hydrogen) atoms. The van der Waals surface area contributed by atoms with Crippen molar-refractivity contribution in [1.29, 1.82) is 0 Å². The molecule has 2 aliphatic heterocycles. The molecule has 2 heterocycles. The number of carbonyl (C=O) groups is 1. The molecule has 0 bridgehead atoms. The van der Waals surface area contributed by atoms with Crippen LogP contribution in [0, 0.1) is 0 Å². The lowest BCUT2D eigenvalue weighted by Gasteiger charge is -2.36. The fraction of sp³-hybridized carbons (Fsp3) is 0.900. The highest BCUT2D eigenvalue weighted by Crippen LogP contribution is 2.18. The number of amides is 1. The van der Waals surface area contributed by atoms with Gasteiger partial charge in [-0.15, -0.1) is 0 Å². The van der Waals surface area contributed by atoms with E-state index in [0.29, 0.717) is 26.2 Å². The van der Waals surface area contributed by atoms with Gasteiger partial charge >= 0.3 is 6.09 Å². The largest absolute Gasteiger partial charge is 0.444 e. The molecule has 2 aliphatic rings. The molecule has 7 heteroatoms. The van der Waals surface area contributed by atoms with Crippen molar-refractivity contribution in [3.8, 4) is 0 Å². The molecule has 1 N–H and O–H groups in total. The Kier molecular flexibility index (Phi) is 3.42. The molecule has 0 aromatic carbocycles. The Morgan fingerprint density at radius 3 is 2.76 bits per heavy atom. The Bertz CT molecular complexity index is 342. The minimum atomic E-state index is -1.08. The molecular formula is C10H19N3O3S. The maximum Gasteiger partial charge on any atom is 0.410 e. The van der Waals surface area contributed by atoms with Crippen molar-refractivity contribution in [1.82, 2.24) is 13.9 Å². The second-order valence-corrected chi connectivity index (χ2v) is 6.57. The highest BCUT2D eigenvalue weighted by molar-refractivity contribution is 7.80. The van der Waals surface area contributed by atoms with Crippen LogP contribution in [0.2, 0.25) is 0 Å². The van der Waals surface area contributed by atoms with Gasteiger partial charge in [0, 0.05) is 26.2 Å². The quantitative estimate of drug-likeness (QED) is 0.672. The van der Waals surface area contributed by atoms with E-state index in [1.165, 1.54) is 0 Å². The van der Waals surface area contributed by atoms with Crippen LogP contribution in [0.25, 0.3) is 0 Å². The molecule has 0 saturated carbocycles. The van der Waals surface area contributed by atoms with Gasteiger partial charge < -0.3 is 9.64 Å². The third kappa shape index (κ3) is 2.97. The third-order valence-corrected chi connectivity index (χ3v) is 4.06. The van der Waals surface area contributed by atoms with Crippen LogP contribution in [0.15, 0.2) is 0 Å². The zero-order valence-corrected chi connectivity index (χ0v) is 11.2. The lowest BCUT2D eigenvalue weighted by atomic mass is 10.2. The Morgan fingerprint density at radius 1 is 1.41 bits per heavy atom. The number of hydrogen-bond donors (Lipinski definition) is 1. The first-order valence-electron chi connectivity index (χ1n) is 5.77. The number of nitrogens with zero attached hydrogens (tertiary/aromatic N) is 2. The molecule has 2 rings (SSSR count). The zero-order valence-electron chi connectivity index (χ0n) is 10.4. The van der Waals surface area contributed by atoms with E-state index in [0.717, 1.165) is 0 Å². The summed E-state index contributed by atoms with van der Waals surface area (Å²) in [6.07, 6.45) is -0.283. The Balaban J connectivity index is 1.93. The fourth-order valence-electron chi connectivity index (χ4n) is 1.97. The first-order valence-corrected chi connectivity index (χ1v) is 6.87. The van der Waals surface area contributed by atoms with E-state index >= 15 is 0 Å². The van der Waals surface area contributed by atoms with E-state index in [9.17, 15) is 9.00 Å². The number of nitrogens with one attached hydrogen (secondary N) is 1. The van der Waals surface area contributed by atoms with Crippen LogP contribution in [0.4, 0.5) is 4.79 Å². The molecule has 0 aliphatic carbocycles. The van der Waals surface area contributed by atoms with Gasteiger partial charge in [-0.1, -0.05) is 0 Å². The van der Waals surface area contributed by atoms with Gasteiger partial charge in [-0.3, -0.25) is 0 Å². The Labute approximate surface area is 104 Å². The van der Waals surface area contributed by atoms with Gasteiger partial charge in [0.15, 0.2) is 11.2 Å². The van der Waals surface area contributed by atoms with Crippen molar-refractivity contribution in [3.63, 3.8) is 0 Å². The average molecular weight is 261 g/mol. The Hall–Kier alpha value is -0.660. The van der Waals surface area contributed by atoms with Gasteiger partial charge in [-0.2, -0.15) is 0 Å². The van der Waals surface area contributed by atoms with Crippen molar-refractivity contribution in [2.45, 2.75) is 32.4 Å². The summed E-state index contributed by atoms with van der Waals surface area (Å²) in [5, 5.41) is 0. The monoisotopic (exact) mass is 261 g/mol. The van der Waals surface area contributed by atoms with E-state index in [1.54, 1.807) is 4.90 Å². The third-order valence-electron chi connectivity index (χ3n) is 2.74. The van der Waals surface area contributed by atoms with Gasteiger partial charge in [0.2, 0.25) is 0 Å². The summed E-state index contributed by atoms with van der Waals surface area (Å²) in [7, 11) is 0. The second kappa shape index (κ2) is 4.55. The molecule has 1 amide bonds. The Morgan fingerprint density at radius 2 is 2.12 bits per heavy atom. The van der Waals surface area contributed by atoms with Crippen molar-refractivity contribution in [2.75, 3.05) is 26.2 Å². The minimum absolute atomic E-state index is 0.136. The SMILES string of the molecule is CC(C)(C)OC(=O)N1CCN2C(CNS2=O)C1. The normalized spacial score (nSPS) is 30.2. The standard InChI is InChI=1S/C10H19N3O3S/c1-10(2,3)16-9(14)12-4-5-13-8(7-12)6-11-17(13)15/h8,11H,4-7H2,1-3H3. The van der Waals surface area contributed by atoms with Crippen molar-refractivity contribution >= 4 is 17.3 Å². The van der Waals surface area contributed by atoms with Crippen molar-refractivity contribution < 1.29 is 13.7 Å². The lowest BCUT2D eigenvalue weighted by molar-refractivity contribution is 0.0151. The molecule has 0 spiro atoms. The molecule has 2 atom stereocenters.